The minimum absolute atomic E-state index is 0.432. The largest absolute Gasteiger partial charge is 0.316 e. The summed E-state index contributed by atoms with van der Waals surface area (Å²) in [6.45, 7) is 0. The lowest BCUT2D eigenvalue weighted by Gasteiger charge is -2.34. The average molecular weight is 243 g/mol. The Morgan fingerprint density at radius 1 is 0.938 bits per heavy atom. The third kappa shape index (κ3) is 2.86. The van der Waals surface area contributed by atoms with Gasteiger partial charge in [-0.15, -0.1) is 0 Å². The maximum Gasteiger partial charge on any atom is 0.0503 e. The molecule has 0 heterocycles. The molecule has 3 heteroatoms. The monoisotopic (exact) mass is 243 g/mol. The topological polar surface area (TPSA) is 29.1 Å². The Bertz CT molecular complexity index is 238. The molecule has 0 aromatic carbocycles. The SMILES string of the molecule is CNC1CCCCC1S(=O)C1CCCCC1. The summed E-state index contributed by atoms with van der Waals surface area (Å²) in [5.41, 5.74) is 0. The van der Waals surface area contributed by atoms with Gasteiger partial charge in [-0.25, -0.2) is 0 Å². The molecule has 1 N–H and O–H groups in total. The molecule has 2 aliphatic rings. The quantitative estimate of drug-likeness (QED) is 0.825. The van der Waals surface area contributed by atoms with Crippen molar-refractivity contribution in [3.8, 4) is 0 Å². The molecule has 2 rings (SSSR count). The van der Waals surface area contributed by atoms with Gasteiger partial charge in [0.15, 0.2) is 0 Å². The Morgan fingerprint density at radius 2 is 1.56 bits per heavy atom. The smallest absolute Gasteiger partial charge is 0.0503 e. The van der Waals surface area contributed by atoms with Crippen LogP contribution in [0.25, 0.3) is 0 Å². The van der Waals surface area contributed by atoms with Gasteiger partial charge in [0.05, 0.1) is 5.25 Å². The van der Waals surface area contributed by atoms with E-state index < -0.39 is 10.8 Å². The second-order valence-corrected chi connectivity index (χ2v) is 7.24. The van der Waals surface area contributed by atoms with Gasteiger partial charge in [0.1, 0.15) is 0 Å². The molecule has 2 aliphatic carbocycles. The van der Waals surface area contributed by atoms with E-state index in [0.717, 1.165) is 0 Å². The highest BCUT2D eigenvalue weighted by molar-refractivity contribution is 7.86. The van der Waals surface area contributed by atoms with Crippen molar-refractivity contribution in [3.63, 3.8) is 0 Å². The van der Waals surface area contributed by atoms with E-state index in [1.54, 1.807) is 0 Å². The molecule has 3 atom stereocenters. The lowest BCUT2D eigenvalue weighted by molar-refractivity contribution is 0.394. The minimum atomic E-state index is -0.585. The first-order valence-electron chi connectivity index (χ1n) is 6.89. The van der Waals surface area contributed by atoms with E-state index in [1.165, 1.54) is 57.8 Å². The highest BCUT2D eigenvalue weighted by Crippen LogP contribution is 2.30. The molecule has 2 fully saturated rings. The molecule has 0 saturated heterocycles. The maximum atomic E-state index is 12.6. The summed E-state index contributed by atoms with van der Waals surface area (Å²) in [7, 11) is 1.44. The van der Waals surface area contributed by atoms with Crippen molar-refractivity contribution in [2.45, 2.75) is 74.3 Å². The second kappa shape index (κ2) is 6.15. The average Bonchev–Trinajstić information content (AvgIpc) is 2.39. The Labute approximate surface area is 102 Å². The molecule has 0 spiro atoms. The molecule has 0 radical (unpaired) electrons. The van der Waals surface area contributed by atoms with Gasteiger partial charge < -0.3 is 5.32 Å². The van der Waals surface area contributed by atoms with Gasteiger partial charge >= 0.3 is 0 Å². The molecule has 0 bridgehead atoms. The summed E-state index contributed by atoms with van der Waals surface area (Å²) in [5, 5.41) is 4.32. The fraction of sp³-hybridized carbons (Fsp3) is 1.00. The summed E-state index contributed by atoms with van der Waals surface area (Å²) in [6, 6.07) is 0.511. The summed E-state index contributed by atoms with van der Waals surface area (Å²) in [4.78, 5) is 0. The number of nitrogens with one attached hydrogen (secondary N) is 1. The van der Waals surface area contributed by atoms with Gasteiger partial charge in [-0.2, -0.15) is 0 Å². The molecule has 94 valence electrons. The molecular formula is C13H25NOS. The van der Waals surface area contributed by atoms with Crippen LogP contribution in [0.15, 0.2) is 0 Å². The highest BCUT2D eigenvalue weighted by Gasteiger charge is 2.33. The number of hydrogen-bond acceptors (Lipinski definition) is 2. The van der Waals surface area contributed by atoms with Crippen molar-refractivity contribution in [2.75, 3.05) is 7.05 Å². The third-order valence-corrected chi connectivity index (χ3v) is 6.54. The van der Waals surface area contributed by atoms with Crippen LogP contribution in [0.5, 0.6) is 0 Å². The van der Waals surface area contributed by atoms with E-state index in [4.69, 9.17) is 0 Å². The van der Waals surface area contributed by atoms with Crippen LogP contribution < -0.4 is 5.32 Å². The van der Waals surface area contributed by atoms with Crippen LogP contribution >= 0.6 is 0 Å². The first-order valence-corrected chi connectivity index (χ1v) is 8.17. The van der Waals surface area contributed by atoms with Crippen molar-refractivity contribution in [1.82, 2.24) is 5.32 Å². The molecule has 0 amide bonds. The van der Waals surface area contributed by atoms with Gasteiger partial charge in [0.2, 0.25) is 0 Å². The molecule has 3 unspecified atom stereocenters. The zero-order valence-electron chi connectivity index (χ0n) is 10.4. The predicted octanol–water partition coefficient (Wildman–Crippen LogP) is 2.60. The molecule has 2 nitrogen and oxygen atoms in total. The maximum absolute atomic E-state index is 12.6. The van der Waals surface area contributed by atoms with Crippen LogP contribution in [0.3, 0.4) is 0 Å². The standard InChI is InChI=1S/C13H25NOS/c1-14-12-9-5-6-10-13(12)16(15)11-7-3-2-4-8-11/h11-14H,2-10H2,1H3. The third-order valence-electron chi connectivity index (χ3n) is 4.25. The molecule has 0 aromatic rings. The normalized spacial score (nSPS) is 34.8. The van der Waals surface area contributed by atoms with Gasteiger partial charge in [0.25, 0.3) is 0 Å². The Hall–Kier alpha value is 0.110. The van der Waals surface area contributed by atoms with E-state index in [2.05, 4.69) is 5.32 Å². The molecule has 0 aliphatic heterocycles. The Kier molecular flexibility index (Phi) is 4.83. The van der Waals surface area contributed by atoms with E-state index in [0.29, 0.717) is 16.5 Å². The molecule has 16 heavy (non-hydrogen) atoms. The number of hydrogen-bond donors (Lipinski definition) is 1. The molecule has 2 saturated carbocycles. The van der Waals surface area contributed by atoms with E-state index >= 15 is 0 Å². The van der Waals surface area contributed by atoms with E-state index in [9.17, 15) is 4.21 Å². The second-order valence-electron chi connectivity index (χ2n) is 5.31. The zero-order valence-corrected chi connectivity index (χ0v) is 11.2. The van der Waals surface area contributed by atoms with Crippen LogP contribution in [0.2, 0.25) is 0 Å². The van der Waals surface area contributed by atoms with Crippen molar-refractivity contribution in [2.24, 2.45) is 0 Å². The van der Waals surface area contributed by atoms with Crippen molar-refractivity contribution < 1.29 is 4.21 Å². The lowest BCUT2D eigenvalue weighted by atomic mass is 9.95. The Balaban J connectivity index is 1.95. The Morgan fingerprint density at radius 3 is 2.25 bits per heavy atom. The van der Waals surface area contributed by atoms with Gasteiger partial charge in [0, 0.05) is 22.1 Å². The van der Waals surface area contributed by atoms with Gasteiger partial charge in [-0.05, 0) is 32.7 Å². The van der Waals surface area contributed by atoms with Crippen LogP contribution in [0.4, 0.5) is 0 Å². The molecular weight excluding hydrogens is 218 g/mol. The van der Waals surface area contributed by atoms with Crippen LogP contribution in [0, 0.1) is 0 Å². The fourth-order valence-electron chi connectivity index (χ4n) is 3.25. The van der Waals surface area contributed by atoms with Crippen molar-refractivity contribution >= 4 is 10.8 Å². The zero-order chi connectivity index (χ0) is 11.4. The summed E-state index contributed by atoms with van der Waals surface area (Å²) in [5.74, 6) is 0. The van der Waals surface area contributed by atoms with Gasteiger partial charge in [-0.3, -0.25) is 4.21 Å². The van der Waals surface area contributed by atoms with Gasteiger partial charge in [-0.1, -0.05) is 32.1 Å². The lowest BCUT2D eigenvalue weighted by Crippen LogP contribution is -2.45. The van der Waals surface area contributed by atoms with E-state index in [1.807, 2.05) is 7.05 Å². The first kappa shape index (κ1) is 12.6. The van der Waals surface area contributed by atoms with Crippen LogP contribution in [-0.4, -0.2) is 27.8 Å². The first-order chi connectivity index (χ1) is 7.83. The summed E-state index contributed by atoms with van der Waals surface area (Å²) < 4.78 is 12.6. The van der Waals surface area contributed by atoms with Crippen molar-refractivity contribution in [1.29, 1.82) is 0 Å². The molecule has 0 aromatic heterocycles. The summed E-state index contributed by atoms with van der Waals surface area (Å²) >= 11 is 0. The predicted molar refractivity (Wildman–Crippen MR) is 70.1 cm³/mol. The number of rotatable bonds is 3. The van der Waals surface area contributed by atoms with Crippen LogP contribution in [-0.2, 0) is 10.8 Å². The van der Waals surface area contributed by atoms with E-state index in [-0.39, 0.29) is 0 Å². The van der Waals surface area contributed by atoms with Crippen molar-refractivity contribution in [3.05, 3.63) is 0 Å². The minimum Gasteiger partial charge on any atom is -0.316 e. The highest BCUT2D eigenvalue weighted by atomic mass is 32.2. The summed E-state index contributed by atoms with van der Waals surface area (Å²) in [6.07, 6.45) is 11.4. The fourth-order valence-corrected chi connectivity index (χ4v) is 5.54. The van der Waals surface area contributed by atoms with Crippen LogP contribution in [0.1, 0.15) is 57.8 Å².